The van der Waals surface area contributed by atoms with Crippen LogP contribution in [0.1, 0.15) is 10.4 Å². The van der Waals surface area contributed by atoms with Gasteiger partial charge in [-0.05, 0) is 30.3 Å². The zero-order valence-corrected chi connectivity index (χ0v) is 15.2. The van der Waals surface area contributed by atoms with Crippen molar-refractivity contribution in [1.82, 2.24) is 4.98 Å². The molecule has 0 saturated carbocycles. The van der Waals surface area contributed by atoms with Crippen molar-refractivity contribution in [3.63, 3.8) is 0 Å². The summed E-state index contributed by atoms with van der Waals surface area (Å²) in [6, 6.07) is 10.5. The predicted octanol–water partition coefficient (Wildman–Crippen LogP) is 3.10. The van der Waals surface area contributed by atoms with Gasteiger partial charge in [0, 0.05) is 35.0 Å². The number of sulfonamides is 1. The van der Waals surface area contributed by atoms with Gasteiger partial charge < -0.3 is 0 Å². The average Bonchev–Trinajstić information content (AvgIpc) is 3.15. The lowest BCUT2D eigenvalue weighted by atomic mass is 10.2. The van der Waals surface area contributed by atoms with Crippen LogP contribution < -0.4 is 10.0 Å². The van der Waals surface area contributed by atoms with Gasteiger partial charge in [0.2, 0.25) is 0 Å². The smallest absolute Gasteiger partial charge is 0.270 e. The number of nitro benzene ring substituents is 1. The predicted molar refractivity (Wildman–Crippen MR) is 100 cm³/mol. The number of thiazole rings is 1. The molecule has 0 aliphatic rings. The molecule has 1 amide bonds. The van der Waals surface area contributed by atoms with Gasteiger partial charge in [0.25, 0.3) is 21.6 Å². The van der Waals surface area contributed by atoms with Crippen LogP contribution in [0.3, 0.4) is 0 Å². The Bertz CT molecular complexity index is 1080. The topological polar surface area (TPSA) is 131 Å². The molecule has 3 rings (SSSR count). The summed E-state index contributed by atoms with van der Waals surface area (Å²) in [6.45, 7) is 0. The largest absolute Gasteiger partial charge is 0.298 e. The molecule has 0 fully saturated rings. The molecule has 0 spiro atoms. The third-order valence-corrected chi connectivity index (χ3v) is 5.46. The minimum Gasteiger partial charge on any atom is -0.298 e. The lowest BCUT2D eigenvalue weighted by molar-refractivity contribution is -0.385. The van der Waals surface area contributed by atoms with E-state index >= 15 is 0 Å². The van der Waals surface area contributed by atoms with E-state index in [0.717, 1.165) is 6.07 Å². The van der Waals surface area contributed by atoms with Crippen LogP contribution in [0.25, 0.3) is 0 Å². The maximum absolute atomic E-state index is 12.4. The molecule has 3 aromatic rings. The van der Waals surface area contributed by atoms with Gasteiger partial charge in [-0.1, -0.05) is 6.07 Å². The Morgan fingerprint density at radius 2 is 1.89 bits per heavy atom. The molecular formula is C16H12N4O5S2. The maximum atomic E-state index is 12.4. The Morgan fingerprint density at radius 1 is 1.15 bits per heavy atom. The minimum atomic E-state index is -4.01. The van der Waals surface area contributed by atoms with Crippen molar-refractivity contribution in [2.24, 2.45) is 0 Å². The number of rotatable bonds is 6. The zero-order valence-electron chi connectivity index (χ0n) is 13.5. The van der Waals surface area contributed by atoms with Gasteiger partial charge in [0.1, 0.15) is 0 Å². The van der Waals surface area contributed by atoms with E-state index in [0.29, 0.717) is 10.7 Å². The van der Waals surface area contributed by atoms with E-state index in [9.17, 15) is 23.3 Å². The highest BCUT2D eigenvalue weighted by Crippen LogP contribution is 2.21. The molecule has 1 aromatic heterocycles. The number of hydrogen-bond acceptors (Lipinski definition) is 7. The number of carbonyl (C=O) groups excluding carboxylic acids is 1. The summed E-state index contributed by atoms with van der Waals surface area (Å²) in [5.41, 5.74) is 0.211. The van der Waals surface area contributed by atoms with Crippen LogP contribution in [0.5, 0.6) is 0 Å². The summed E-state index contributed by atoms with van der Waals surface area (Å²) in [5, 5.41) is 15.6. The standard InChI is InChI=1S/C16H12N4O5S2/c21-15(18-16-17-8-9-26-16)11-4-6-12(7-5-11)19-27(24,25)14-3-1-2-13(10-14)20(22)23/h1-10,19H,(H,17,18,21). The fraction of sp³-hybridized carbons (Fsp3) is 0. The van der Waals surface area contributed by atoms with Gasteiger partial charge in [-0.2, -0.15) is 0 Å². The van der Waals surface area contributed by atoms with E-state index in [1.54, 1.807) is 11.6 Å². The zero-order chi connectivity index (χ0) is 19.4. The van der Waals surface area contributed by atoms with Crippen molar-refractivity contribution in [2.45, 2.75) is 4.90 Å². The van der Waals surface area contributed by atoms with Crippen LogP contribution in [-0.4, -0.2) is 24.2 Å². The number of benzene rings is 2. The van der Waals surface area contributed by atoms with Crippen LogP contribution in [0.2, 0.25) is 0 Å². The second kappa shape index (κ2) is 7.51. The number of nitro groups is 1. The Morgan fingerprint density at radius 3 is 2.52 bits per heavy atom. The Balaban J connectivity index is 1.74. The van der Waals surface area contributed by atoms with E-state index < -0.39 is 14.9 Å². The van der Waals surface area contributed by atoms with Gasteiger partial charge >= 0.3 is 0 Å². The third-order valence-electron chi connectivity index (χ3n) is 3.39. The quantitative estimate of drug-likeness (QED) is 0.479. The molecule has 9 nitrogen and oxygen atoms in total. The number of anilines is 2. The Labute approximate surface area is 157 Å². The normalized spacial score (nSPS) is 11.0. The first kappa shape index (κ1) is 18.5. The van der Waals surface area contributed by atoms with Crippen molar-refractivity contribution in [2.75, 3.05) is 10.0 Å². The van der Waals surface area contributed by atoms with Crippen molar-refractivity contribution >= 4 is 43.8 Å². The molecule has 0 aliphatic carbocycles. The van der Waals surface area contributed by atoms with Gasteiger partial charge in [-0.15, -0.1) is 11.3 Å². The number of amides is 1. The number of nitrogens with zero attached hydrogens (tertiary/aromatic N) is 2. The maximum Gasteiger partial charge on any atom is 0.270 e. The summed E-state index contributed by atoms with van der Waals surface area (Å²) in [6.07, 6.45) is 1.56. The highest BCUT2D eigenvalue weighted by atomic mass is 32.2. The second-order valence-electron chi connectivity index (χ2n) is 5.23. The first-order valence-electron chi connectivity index (χ1n) is 7.43. The van der Waals surface area contributed by atoms with Crippen molar-refractivity contribution < 1.29 is 18.1 Å². The van der Waals surface area contributed by atoms with Gasteiger partial charge in [-0.3, -0.25) is 24.9 Å². The molecule has 0 aliphatic heterocycles. The molecule has 138 valence electrons. The fourth-order valence-electron chi connectivity index (χ4n) is 2.12. The van der Waals surface area contributed by atoms with Gasteiger partial charge in [-0.25, -0.2) is 13.4 Å². The Kier molecular flexibility index (Phi) is 5.14. The third kappa shape index (κ3) is 4.46. The van der Waals surface area contributed by atoms with Gasteiger partial charge in [0.05, 0.1) is 9.82 Å². The second-order valence-corrected chi connectivity index (χ2v) is 7.81. The average molecular weight is 404 g/mol. The van der Waals surface area contributed by atoms with Crippen LogP contribution >= 0.6 is 11.3 Å². The number of carbonyl (C=O) groups is 1. The summed E-state index contributed by atoms with van der Waals surface area (Å²) in [7, 11) is -4.01. The number of non-ortho nitro benzene ring substituents is 1. The monoisotopic (exact) mass is 404 g/mol. The molecule has 0 unspecified atom stereocenters. The first-order chi connectivity index (χ1) is 12.8. The highest BCUT2D eigenvalue weighted by Gasteiger charge is 2.18. The molecule has 1 heterocycles. The number of aromatic nitrogens is 1. The minimum absolute atomic E-state index is 0.215. The summed E-state index contributed by atoms with van der Waals surface area (Å²) in [5.74, 6) is -0.377. The molecule has 27 heavy (non-hydrogen) atoms. The lowest BCUT2D eigenvalue weighted by Crippen LogP contribution is -2.14. The lowest BCUT2D eigenvalue weighted by Gasteiger charge is -2.09. The van der Waals surface area contributed by atoms with Crippen LogP contribution in [0, 0.1) is 10.1 Å². The van der Waals surface area contributed by atoms with Crippen molar-refractivity contribution in [1.29, 1.82) is 0 Å². The number of nitrogens with one attached hydrogen (secondary N) is 2. The summed E-state index contributed by atoms with van der Waals surface area (Å²) in [4.78, 5) is 25.9. The molecule has 0 bridgehead atoms. The molecular weight excluding hydrogens is 392 g/mol. The van der Waals surface area contributed by atoms with Crippen molar-refractivity contribution in [3.05, 3.63) is 75.8 Å². The van der Waals surface area contributed by atoms with Crippen LogP contribution in [0.15, 0.2) is 65.0 Å². The molecule has 0 radical (unpaired) electrons. The SMILES string of the molecule is O=C(Nc1nccs1)c1ccc(NS(=O)(=O)c2cccc([N+](=O)[O-])c2)cc1. The van der Waals surface area contributed by atoms with E-state index in [4.69, 9.17) is 0 Å². The highest BCUT2D eigenvalue weighted by molar-refractivity contribution is 7.92. The summed E-state index contributed by atoms with van der Waals surface area (Å²) >= 11 is 1.28. The molecule has 0 atom stereocenters. The fourth-order valence-corrected chi connectivity index (χ4v) is 3.74. The molecule has 11 heteroatoms. The molecule has 2 N–H and O–H groups in total. The van der Waals surface area contributed by atoms with E-state index in [1.165, 1.54) is 53.8 Å². The Hall–Kier alpha value is -3.31. The van der Waals surface area contributed by atoms with E-state index in [-0.39, 0.29) is 22.2 Å². The van der Waals surface area contributed by atoms with Crippen molar-refractivity contribution in [3.8, 4) is 0 Å². The van der Waals surface area contributed by atoms with Crippen LogP contribution in [0.4, 0.5) is 16.5 Å². The van der Waals surface area contributed by atoms with Crippen LogP contribution in [-0.2, 0) is 10.0 Å². The van der Waals surface area contributed by atoms with E-state index in [1.807, 2.05) is 0 Å². The van der Waals surface area contributed by atoms with E-state index in [2.05, 4.69) is 15.0 Å². The molecule has 0 saturated heterocycles. The molecule has 2 aromatic carbocycles. The first-order valence-corrected chi connectivity index (χ1v) is 9.79. The number of hydrogen-bond donors (Lipinski definition) is 2. The summed E-state index contributed by atoms with van der Waals surface area (Å²) < 4.78 is 27.1. The van der Waals surface area contributed by atoms with Gasteiger partial charge in [0.15, 0.2) is 5.13 Å².